The van der Waals surface area contributed by atoms with Crippen molar-refractivity contribution in [2.24, 2.45) is 11.8 Å². The Balaban J connectivity index is 1.27. The smallest absolute Gasteiger partial charge is 0.343 e. The monoisotopic (exact) mass is 560 g/mol. The van der Waals surface area contributed by atoms with E-state index in [0.717, 1.165) is 36.8 Å². The molecule has 1 aliphatic rings. The van der Waals surface area contributed by atoms with Gasteiger partial charge in [-0.25, -0.2) is 4.79 Å². The van der Waals surface area contributed by atoms with E-state index >= 15 is 0 Å². The van der Waals surface area contributed by atoms with Crippen LogP contribution in [0.1, 0.15) is 138 Å². The van der Waals surface area contributed by atoms with Gasteiger partial charge in [0.25, 0.3) is 0 Å². The highest BCUT2D eigenvalue weighted by Gasteiger charge is 2.20. The zero-order valence-corrected chi connectivity index (χ0v) is 25.9. The van der Waals surface area contributed by atoms with Crippen molar-refractivity contribution < 1.29 is 14.3 Å². The van der Waals surface area contributed by atoms with Gasteiger partial charge in [0.2, 0.25) is 0 Å². The predicted molar refractivity (Wildman–Crippen MR) is 173 cm³/mol. The van der Waals surface area contributed by atoms with Gasteiger partial charge in [-0.3, -0.25) is 0 Å². The molecule has 0 spiro atoms. The number of ether oxygens (including phenoxy) is 2. The largest absolute Gasteiger partial charge is 0.494 e. The molecule has 0 bridgehead atoms. The highest BCUT2D eigenvalue weighted by Crippen LogP contribution is 2.34. The molecule has 1 aliphatic carbocycles. The second-order valence-electron chi connectivity index (χ2n) is 12.2. The Labute approximate surface area is 251 Å². The summed E-state index contributed by atoms with van der Waals surface area (Å²) in [6.07, 6.45) is 27.0. The number of carbonyl (C=O) groups excluding carboxylic acids is 1. The number of hydrogen-bond donors (Lipinski definition) is 0. The minimum absolute atomic E-state index is 0.331. The van der Waals surface area contributed by atoms with E-state index < -0.39 is 0 Å². The summed E-state index contributed by atoms with van der Waals surface area (Å²) in [7, 11) is 0. The van der Waals surface area contributed by atoms with Crippen molar-refractivity contribution in [2.45, 2.75) is 129 Å². The third kappa shape index (κ3) is 13.8. The molecule has 0 heterocycles. The van der Waals surface area contributed by atoms with Crippen LogP contribution in [0.2, 0.25) is 0 Å². The molecule has 3 heteroatoms. The van der Waals surface area contributed by atoms with E-state index in [4.69, 9.17) is 9.47 Å². The first-order chi connectivity index (χ1) is 20.2. The van der Waals surface area contributed by atoms with Gasteiger partial charge in [0.1, 0.15) is 11.5 Å². The number of esters is 1. The molecule has 1 fully saturated rings. The molecule has 0 aliphatic heterocycles. The van der Waals surface area contributed by atoms with Gasteiger partial charge in [-0.15, -0.1) is 6.58 Å². The maximum atomic E-state index is 12.6. The Morgan fingerprint density at radius 2 is 1.32 bits per heavy atom. The number of aryl methyl sites for hydroxylation is 1. The highest BCUT2D eigenvalue weighted by atomic mass is 16.5. The summed E-state index contributed by atoms with van der Waals surface area (Å²) in [5, 5.41) is 0. The lowest BCUT2D eigenvalue weighted by Crippen LogP contribution is -2.15. The Hall–Kier alpha value is -2.55. The first kappa shape index (κ1) is 33.0. The lowest BCUT2D eigenvalue weighted by Gasteiger charge is -2.28. The molecule has 0 aromatic heterocycles. The fraction of sp³-hybridized carbons (Fsp3) is 0.605. The number of carbonyl (C=O) groups is 1. The van der Waals surface area contributed by atoms with E-state index in [1.54, 1.807) is 12.1 Å². The average molecular weight is 561 g/mol. The fourth-order valence-corrected chi connectivity index (χ4v) is 6.08. The van der Waals surface area contributed by atoms with Gasteiger partial charge in [-0.05, 0) is 85.9 Å². The normalized spacial score (nSPS) is 16.8. The second kappa shape index (κ2) is 20.3. The Morgan fingerprint density at radius 1 is 0.732 bits per heavy atom. The summed E-state index contributed by atoms with van der Waals surface area (Å²) >= 11 is 0. The number of hydrogen-bond acceptors (Lipinski definition) is 3. The van der Waals surface area contributed by atoms with Crippen molar-refractivity contribution in [3.8, 4) is 11.5 Å². The highest BCUT2D eigenvalue weighted by molar-refractivity contribution is 5.91. The maximum Gasteiger partial charge on any atom is 0.343 e. The number of unbranched alkanes of at least 4 members (excludes halogenated alkanes) is 10. The summed E-state index contributed by atoms with van der Waals surface area (Å²) in [6, 6.07) is 15.4. The molecule has 2 aromatic rings. The summed E-state index contributed by atoms with van der Waals surface area (Å²) in [6.45, 7) is 6.77. The zero-order chi connectivity index (χ0) is 29.0. The van der Waals surface area contributed by atoms with Gasteiger partial charge in [-0.2, -0.15) is 0 Å². The third-order valence-corrected chi connectivity index (χ3v) is 8.82. The molecular formula is C38H56O3. The summed E-state index contributed by atoms with van der Waals surface area (Å²) in [5.74, 6) is 2.91. The van der Waals surface area contributed by atoms with Gasteiger partial charge in [-0.1, -0.05) is 115 Å². The van der Waals surface area contributed by atoms with Gasteiger partial charge >= 0.3 is 5.97 Å². The van der Waals surface area contributed by atoms with Crippen molar-refractivity contribution in [2.75, 3.05) is 6.61 Å². The van der Waals surface area contributed by atoms with Gasteiger partial charge in [0.15, 0.2) is 0 Å². The van der Waals surface area contributed by atoms with E-state index in [0.29, 0.717) is 17.9 Å². The zero-order valence-electron chi connectivity index (χ0n) is 25.9. The fourth-order valence-electron chi connectivity index (χ4n) is 6.08. The van der Waals surface area contributed by atoms with Crippen molar-refractivity contribution in [1.82, 2.24) is 0 Å². The van der Waals surface area contributed by atoms with Crippen molar-refractivity contribution in [3.63, 3.8) is 0 Å². The van der Waals surface area contributed by atoms with Crippen LogP contribution in [0, 0.1) is 11.8 Å². The summed E-state index contributed by atoms with van der Waals surface area (Å²) < 4.78 is 11.5. The van der Waals surface area contributed by atoms with Crippen molar-refractivity contribution >= 4 is 5.97 Å². The lowest BCUT2D eigenvalue weighted by atomic mass is 9.78. The van der Waals surface area contributed by atoms with Crippen LogP contribution < -0.4 is 9.47 Å². The van der Waals surface area contributed by atoms with Crippen LogP contribution in [-0.2, 0) is 6.42 Å². The van der Waals surface area contributed by atoms with Crippen LogP contribution in [0.5, 0.6) is 11.5 Å². The molecule has 3 nitrogen and oxygen atoms in total. The van der Waals surface area contributed by atoms with Crippen LogP contribution in [0.3, 0.4) is 0 Å². The van der Waals surface area contributed by atoms with E-state index in [-0.39, 0.29) is 5.97 Å². The molecule has 0 unspecified atom stereocenters. The van der Waals surface area contributed by atoms with Gasteiger partial charge < -0.3 is 9.47 Å². The lowest BCUT2D eigenvalue weighted by molar-refractivity contribution is 0.0734. The van der Waals surface area contributed by atoms with Crippen LogP contribution in [0.15, 0.2) is 61.2 Å². The molecule has 1 saturated carbocycles. The molecule has 0 amide bonds. The predicted octanol–water partition coefficient (Wildman–Crippen LogP) is 11.3. The molecule has 3 rings (SSSR count). The van der Waals surface area contributed by atoms with E-state index in [1.165, 1.54) is 108 Å². The van der Waals surface area contributed by atoms with Crippen LogP contribution in [0.4, 0.5) is 0 Å². The first-order valence-corrected chi connectivity index (χ1v) is 16.8. The molecule has 41 heavy (non-hydrogen) atoms. The SMILES string of the molecule is C=CCCCCCCCCOc1ccc(C(=O)Oc2ccc(CCC3CCC(CCCCCCC)CC3)cc2)cc1. The molecule has 0 radical (unpaired) electrons. The molecule has 226 valence electrons. The molecular weight excluding hydrogens is 504 g/mol. The molecule has 0 N–H and O–H groups in total. The van der Waals surface area contributed by atoms with Gasteiger partial charge in [0.05, 0.1) is 12.2 Å². The molecule has 0 saturated heterocycles. The van der Waals surface area contributed by atoms with Crippen molar-refractivity contribution in [3.05, 3.63) is 72.3 Å². The quantitative estimate of drug-likeness (QED) is 0.0659. The topological polar surface area (TPSA) is 35.5 Å². The second-order valence-corrected chi connectivity index (χ2v) is 12.2. The molecule has 0 atom stereocenters. The Kier molecular flexibility index (Phi) is 16.4. The maximum absolute atomic E-state index is 12.6. The standard InChI is InChI=1S/C38H56O3/c1-3-5-7-9-10-11-13-15-31-40-36-29-25-35(26-30-36)38(39)41-37-27-23-34(24-28-37)22-21-33-19-17-32(18-20-33)16-14-12-8-6-4-2/h3,23-30,32-33H,1,4-22,31H2,2H3. The first-order valence-electron chi connectivity index (χ1n) is 16.8. The third-order valence-electron chi connectivity index (χ3n) is 8.82. The van der Waals surface area contributed by atoms with E-state index in [9.17, 15) is 4.79 Å². The Bertz CT molecular complexity index is 954. The van der Waals surface area contributed by atoms with Crippen molar-refractivity contribution in [1.29, 1.82) is 0 Å². The Morgan fingerprint density at radius 3 is 2.00 bits per heavy atom. The van der Waals surface area contributed by atoms with E-state index in [2.05, 4.69) is 25.6 Å². The minimum atomic E-state index is -0.331. The van der Waals surface area contributed by atoms with Crippen LogP contribution in [0.25, 0.3) is 0 Å². The number of allylic oxidation sites excluding steroid dienone is 1. The van der Waals surface area contributed by atoms with E-state index in [1.807, 2.05) is 30.3 Å². The minimum Gasteiger partial charge on any atom is -0.494 e. The summed E-state index contributed by atoms with van der Waals surface area (Å²) in [5.41, 5.74) is 1.87. The summed E-state index contributed by atoms with van der Waals surface area (Å²) in [4.78, 5) is 12.6. The van der Waals surface area contributed by atoms with Crippen LogP contribution >= 0.6 is 0 Å². The number of benzene rings is 2. The van der Waals surface area contributed by atoms with Crippen LogP contribution in [-0.4, -0.2) is 12.6 Å². The molecule has 2 aromatic carbocycles. The van der Waals surface area contributed by atoms with Gasteiger partial charge in [0, 0.05) is 0 Å². The number of rotatable bonds is 21. The average Bonchev–Trinajstić information content (AvgIpc) is 3.00.